The minimum Gasteiger partial charge on any atom is -0.497 e. The smallest absolute Gasteiger partial charge is 0.248 e. The van der Waals surface area contributed by atoms with Gasteiger partial charge in [-0.3, -0.25) is 4.79 Å². The van der Waals surface area contributed by atoms with Crippen molar-refractivity contribution in [3.8, 4) is 11.5 Å². The molecule has 4 nitrogen and oxygen atoms in total. The van der Waals surface area contributed by atoms with Crippen LogP contribution in [0.2, 0.25) is 0 Å². The van der Waals surface area contributed by atoms with Gasteiger partial charge in [0.2, 0.25) is 5.91 Å². The molecule has 1 N–H and O–H groups in total. The number of carbonyl (C=O) groups excluding carboxylic acids is 1. The Labute approximate surface area is 132 Å². The van der Waals surface area contributed by atoms with Crippen LogP contribution in [0.3, 0.4) is 0 Å². The van der Waals surface area contributed by atoms with E-state index in [0.29, 0.717) is 17.1 Å². The van der Waals surface area contributed by atoms with Crippen molar-refractivity contribution in [2.24, 2.45) is 0 Å². The van der Waals surface area contributed by atoms with Crippen LogP contribution in [-0.4, -0.2) is 20.1 Å². The summed E-state index contributed by atoms with van der Waals surface area (Å²) in [4.78, 5) is 11.8. The maximum Gasteiger partial charge on any atom is 0.248 e. The van der Waals surface area contributed by atoms with Gasteiger partial charge in [-0.15, -0.1) is 0 Å². The highest BCUT2D eigenvalue weighted by Crippen LogP contribution is 2.25. The molecule has 0 saturated heterocycles. The summed E-state index contributed by atoms with van der Waals surface area (Å²) in [5.41, 5.74) is 0.140. The van der Waals surface area contributed by atoms with Crippen LogP contribution in [0.25, 0.3) is 6.08 Å². The first kappa shape index (κ1) is 16.5. The largest absolute Gasteiger partial charge is 0.497 e. The van der Waals surface area contributed by atoms with E-state index in [0.717, 1.165) is 18.2 Å². The second-order valence-corrected chi connectivity index (χ2v) is 4.53. The van der Waals surface area contributed by atoms with Crippen LogP contribution in [-0.2, 0) is 4.79 Å². The summed E-state index contributed by atoms with van der Waals surface area (Å²) < 4.78 is 37.2. The lowest BCUT2D eigenvalue weighted by molar-refractivity contribution is -0.111. The molecule has 2 rings (SSSR count). The minimum absolute atomic E-state index is 0.483. The van der Waals surface area contributed by atoms with Crippen LogP contribution in [0.5, 0.6) is 11.5 Å². The molecule has 0 bridgehead atoms. The first-order valence-corrected chi connectivity index (χ1v) is 6.70. The fourth-order valence-electron chi connectivity index (χ4n) is 1.90. The van der Waals surface area contributed by atoms with E-state index in [1.165, 1.54) is 26.4 Å². The lowest BCUT2D eigenvalue weighted by Gasteiger charge is -2.07. The Morgan fingerprint density at radius 2 is 1.78 bits per heavy atom. The highest BCUT2D eigenvalue weighted by atomic mass is 19.1. The summed E-state index contributed by atoms with van der Waals surface area (Å²) in [6.45, 7) is 0. The zero-order valence-corrected chi connectivity index (χ0v) is 12.6. The number of hydrogen-bond acceptors (Lipinski definition) is 3. The number of rotatable bonds is 5. The monoisotopic (exact) mass is 319 g/mol. The second-order valence-electron chi connectivity index (χ2n) is 4.53. The van der Waals surface area contributed by atoms with Crippen LogP contribution in [0.4, 0.5) is 14.5 Å². The molecule has 0 spiro atoms. The van der Waals surface area contributed by atoms with E-state index >= 15 is 0 Å². The van der Waals surface area contributed by atoms with Gasteiger partial charge >= 0.3 is 0 Å². The van der Waals surface area contributed by atoms with Crippen molar-refractivity contribution in [1.82, 2.24) is 0 Å². The first-order valence-electron chi connectivity index (χ1n) is 6.70. The van der Waals surface area contributed by atoms with Crippen LogP contribution in [0.15, 0.2) is 42.5 Å². The molecular weight excluding hydrogens is 304 g/mol. The topological polar surface area (TPSA) is 47.6 Å². The molecule has 0 aliphatic carbocycles. The summed E-state index contributed by atoms with van der Waals surface area (Å²) in [7, 11) is 3.02. The SMILES string of the molecule is COc1ccc(C=CC(=O)Nc2c(F)cccc2F)c(OC)c1. The van der Waals surface area contributed by atoms with Gasteiger partial charge in [0.1, 0.15) is 28.8 Å². The van der Waals surface area contributed by atoms with Crippen molar-refractivity contribution in [2.75, 3.05) is 19.5 Å². The van der Waals surface area contributed by atoms with E-state index in [-0.39, 0.29) is 0 Å². The van der Waals surface area contributed by atoms with Crippen molar-refractivity contribution >= 4 is 17.7 Å². The number of para-hydroxylation sites is 1. The molecule has 0 unspecified atom stereocenters. The summed E-state index contributed by atoms with van der Waals surface area (Å²) >= 11 is 0. The molecule has 0 saturated carbocycles. The predicted octanol–water partition coefficient (Wildman–Crippen LogP) is 3.63. The van der Waals surface area contributed by atoms with Crippen molar-refractivity contribution in [2.45, 2.75) is 0 Å². The number of halogens is 2. The second kappa shape index (κ2) is 7.40. The number of benzene rings is 2. The molecule has 2 aromatic carbocycles. The molecular formula is C17H15F2NO3. The summed E-state index contributed by atoms with van der Waals surface area (Å²) in [5.74, 6) is -1.23. The van der Waals surface area contributed by atoms with Gasteiger partial charge in [-0.2, -0.15) is 0 Å². The zero-order chi connectivity index (χ0) is 16.8. The van der Waals surface area contributed by atoms with Gasteiger partial charge < -0.3 is 14.8 Å². The van der Waals surface area contributed by atoms with E-state index in [2.05, 4.69) is 5.32 Å². The first-order chi connectivity index (χ1) is 11.0. The molecule has 0 fully saturated rings. The maximum atomic E-state index is 13.5. The molecule has 0 radical (unpaired) electrons. The summed E-state index contributed by atoms with van der Waals surface area (Å²) in [6.07, 6.45) is 2.64. The molecule has 0 aromatic heterocycles. The van der Waals surface area contributed by atoms with Crippen LogP contribution < -0.4 is 14.8 Å². The normalized spacial score (nSPS) is 10.6. The molecule has 0 aliphatic heterocycles. The van der Waals surface area contributed by atoms with E-state index < -0.39 is 23.2 Å². The Hall–Kier alpha value is -2.89. The third-order valence-electron chi connectivity index (χ3n) is 3.07. The van der Waals surface area contributed by atoms with Gasteiger partial charge in [0.05, 0.1) is 14.2 Å². The van der Waals surface area contributed by atoms with E-state index in [1.54, 1.807) is 18.2 Å². The average Bonchev–Trinajstić information content (AvgIpc) is 2.56. The molecule has 2 aromatic rings. The van der Waals surface area contributed by atoms with Gasteiger partial charge in [0, 0.05) is 17.7 Å². The number of ether oxygens (including phenoxy) is 2. The number of amides is 1. The molecule has 23 heavy (non-hydrogen) atoms. The average molecular weight is 319 g/mol. The quantitative estimate of drug-likeness (QED) is 0.856. The standard InChI is InChI=1S/C17H15F2NO3/c1-22-12-8-6-11(15(10-12)23-2)7-9-16(21)20-17-13(18)4-3-5-14(17)19/h3-10H,1-2H3,(H,20,21). The number of carbonyl (C=O) groups is 1. The predicted molar refractivity (Wildman–Crippen MR) is 83.6 cm³/mol. The summed E-state index contributed by atoms with van der Waals surface area (Å²) in [5, 5.41) is 2.17. The van der Waals surface area contributed by atoms with E-state index in [1.807, 2.05) is 0 Å². The van der Waals surface area contributed by atoms with Gasteiger partial charge in [-0.05, 0) is 30.3 Å². The van der Waals surface area contributed by atoms with Gasteiger partial charge in [-0.25, -0.2) is 8.78 Å². The van der Waals surface area contributed by atoms with Gasteiger partial charge in [0.15, 0.2) is 0 Å². The molecule has 0 atom stereocenters. The van der Waals surface area contributed by atoms with Crippen LogP contribution >= 0.6 is 0 Å². The minimum atomic E-state index is -0.839. The van der Waals surface area contributed by atoms with Crippen molar-refractivity contribution in [1.29, 1.82) is 0 Å². The van der Waals surface area contributed by atoms with Crippen molar-refractivity contribution < 1.29 is 23.0 Å². The Kier molecular flexibility index (Phi) is 5.30. The number of nitrogens with one attached hydrogen (secondary N) is 1. The van der Waals surface area contributed by atoms with Gasteiger partial charge in [-0.1, -0.05) is 6.07 Å². The molecule has 0 heterocycles. The van der Waals surface area contributed by atoms with Gasteiger partial charge in [0.25, 0.3) is 0 Å². The fourth-order valence-corrected chi connectivity index (χ4v) is 1.90. The number of hydrogen-bond donors (Lipinski definition) is 1. The third-order valence-corrected chi connectivity index (χ3v) is 3.07. The van der Waals surface area contributed by atoms with E-state index in [4.69, 9.17) is 9.47 Å². The highest BCUT2D eigenvalue weighted by Gasteiger charge is 2.10. The highest BCUT2D eigenvalue weighted by molar-refractivity contribution is 6.02. The van der Waals surface area contributed by atoms with E-state index in [9.17, 15) is 13.6 Å². The fraction of sp³-hybridized carbons (Fsp3) is 0.118. The zero-order valence-electron chi connectivity index (χ0n) is 12.6. The molecule has 1 amide bonds. The lowest BCUT2D eigenvalue weighted by Crippen LogP contribution is -2.10. The third kappa shape index (κ3) is 4.06. The number of anilines is 1. The lowest BCUT2D eigenvalue weighted by atomic mass is 10.1. The Bertz CT molecular complexity index is 724. The Morgan fingerprint density at radius 1 is 1.09 bits per heavy atom. The summed E-state index contributed by atoms with van der Waals surface area (Å²) in [6, 6.07) is 8.41. The molecule has 120 valence electrons. The Balaban J connectivity index is 2.15. The molecule has 0 aliphatic rings. The molecule has 6 heteroatoms. The van der Waals surface area contributed by atoms with Crippen molar-refractivity contribution in [3.05, 3.63) is 59.7 Å². The van der Waals surface area contributed by atoms with Crippen LogP contribution in [0, 0.1) is 11.6 Å². The Morgan fingerprint density at radius 3 is 2.39 bits per heavy atom. The van der Waals surface area contributed by atoms with Crippen molar-refractivity contribution in [3.63, 3.8) is 0 Å². The number of methoxy groups -OCH3 is 2. The van der Waals surface area contributed by atoms with Crippen LogP contribution in [0.1, 0.15) is 5.56 Å². The maximum absolute atomic E-state index is 13.5.